The van der Waals surface area contributed by atoms with Gasteiger partial charge in [-0.25, -0.2) is 0 Å². The van der Waals surface area contributed by atoms with Crippen LogP contribution in [0.5, 0.6) is 5.75 Å². The van der Waals surface area contributed by atoms with Gasteiger partial charge in [-0.3, -0.25) is 19.2 Å². The minimum absolute atomic E-state index is 0.125. The number of rotatable bonds is 4. The molecule has 7 nitrogen and oxygen atoms in total. The summed E-state index contributed by atoms with van der Waals surface area (Å²) in [5.74, 6) is 0.313. The fourth-order valence-corrected chi connectivity index (χ4v) is 2.78. The molecule has 1 N–H and O–H groups in total. The summed E-state index contributed by atoms with van der Waals surface area (Å²) >= 11 is 0. The highest BCUT2D eigenvalue weighted by molar-refractivity contribution is 6.11. The zero-order valence-electron chi connectivity index (χ0n) is 13.9. The second-order valence-corrected chi connectivity index (χ2v) is 5.84. The topological polar surface area (TPSA) is 76.5 Å². The Morgan fingerprint density at radius 3 is 2.88 bits per heavy atom. The van der Waals surface area contributed by atoms with Crippen molar-refractivity contribution in [3.05, 3.63) is 36.2 Å². The molecule has 2 amide bonds. The lowest BCUT2D eigenvalue weighted by molar-refractivity contribution is -0.123. The number of ether oxygens (including phenoxy) is 1. The first-order valence-corrected chi connectivity index (χ1v) is 7.79. The molecule has 24 heavy (non-hydrogen) atoms. The van der Waals surface area contributed by atoms with Gasteiger partial charge in [0.05, 0.1) is 24.7 Å². The fraction of sp³-hybridized carbons (Fsp3) is 0.353. The van der Waals surface area contributed by atoms with Gasteiger partial charge >= 0.3 is 0 Å². The number of carbonyl (C=O) groups is 2. The molecule has 0 saturated heterocycles. The average molecular weight is 328 g/mol. The van der Waals surface area contributed by atoms with E-state index in [9.17, 15) is 9.59 Å². The highest BCUT2D eigenvalue weighted by Crippen LogP contribution is 2.35. The number of benzene rings is 1. The summed E-state index contributed by atoms with van der Waals surface area (Å²) in [6.07, 6.45) is 3.90. The van der Waals surface area contributed by atoms with Crippen LogP contribution in [0.25, 0.3) is 0 Å². The number of hydrogen-bond acceptors (Lipinski definition) is 4. The van der Waals surface area contributed by atoms with Gasteiger partial charge < -0.3 is 10.1 Å². The van der Waals surface area contributed by atoms with Crippen LogP contribution in [-0.4, -0.2) is 34.7 Å². The van der Waals surface area contributed by atoms with Crippen molar-refractivity contribution in [2.75, 3.05) is 17.3 Å². The molecule has 1 aromatic heterocycles. The van der Waals surface area contributed by atoms with Crippen LogP contribution in [0, 0.1) is 6.92 Å². The third-order valence-electron chi connectivity index (χ3n) is 4.07. The Kier molecular flexibility index (Phi) is 4.24. The zero-order valence-corrected chi connectivity index (χ0v) is 13.9. The van der Waals surface area contributed by atoms with Gasteiger partial charge in [-0.1, -0.05) is 0 Å². The Labute approximate surface area is 140 Å². The largest absolute Gasteiger partial charge is 0.497 e. The van der Waals surface area contributed by atoms with Crippen LogP contribution in [0.2, 0.25) is 0 Å². The van der Waals surface area contributed by atoms with E-state index < -0.39 is 6.04 Å². The van der Waals surface area contributed by atoms with Gasteiger partial charge in [0.15, 0.2) is 0 Å². The van der Waals surface area contributed by atoms with Gasteiger partial charge in [-0.2, -0.15) is 5.10 Å². The Balaban J connectivity index is 1.85. The summed E-state index contributed by atoms with van der Waals surface area (Å²) in [5, 5.41) is 7.00. The first-order valence-electron chi connectivity index (χ1n) is 7.79. The van der Waals surface area contributed by atoms with Gasteiger partial charge in [0, 0.05) is 25.2 Å². The molecule has 1 aromatic carbocycles. The number of aryl methyl sites for hydroxylation is 2. The molecule has 2 aromatic rings. The quantitative estimate of drug-likeness (QED) is 0.931. The first kappa shape index (κ1) is 16.0. The van der Waals surface area contributed by atoms with Crippen molar-refractivity contribution in [2.45, 2.75) is 32.9 Å². The van der Waals surface area contributed by atoms with Crippen molar-refractivity contribution in [3.8, 4) is 5.75 Å². The smallest absolute Gasteiger partial charge is 0.247 e. The number of aromatic nitrogens is 2. The van der Waals surface area contributed by atoms with Crippen molar-refractivity contribution >= 4 is 23.2 Å². The normalized spacial score (nSPS) is 16.5. The number of carbonyl (C=O) groups excluding carboxylic acids is 2. The maximum atomic E-state index is 12.8. The standard InChI is InChI=1S/C17H20N4O3/c1-11-9-18-20(10-11)7-6-16(22)21-12(2)17(23)19-14-5-4-13(24-3)8-15(14)21/h4-5,8-10,12H,6-7H2,1-3H3,(H,19,23). The predicted molar refractivity (Wildman–Crippen MR) is 90.2 cm³/mol. The Hall–Kier alpha value is -2.83. The average Bonchev–Trinajstić information content (AvgIpc) is 2.99. The van der Waals surface area contributed by atoms with E-state index in [1.54, 1.807) is 43.1 Å². The second kappa shape index (κ2) is 6.35. The number of hydrogen-bond donors (Lipinski definition) is 1. The predicted octanol–water partition coefficient (Wildman–Crippen LogP) is 1.96. The first-order chi connectivity index (χ1) is 11.5. The molecule has 0 radical (unpaired) electrons. The van der Waals surface area contributed by atoms with Crippen molar-refractivity contribution in [2.24, 2.45) is 0 Å². The van der Waals surface area contributed by atoms with E-state index in [-0.39, 0.29) is 18.2 Å². The molecule has 1 aliphatic rings. The van der Waals surface area contributed by atoms with E-state index >= 15 is 0 Å². The third kappa shape index (κ3) is 2.97. The van der Waals surface area contributed by atoms with E-state index in [1.807, 2.05) is 13.1 Å². The lowest BCUT2D eigenvalue weighted by Gasteiger charge is -2.34. The minimum atomic E-state index is -0.573. The summed E-state index contributed by atoms with van der Waals surface area (Å²) in [7, 11) is 1.57. The molecule has 0 aliphatic carbocycles. The Morgan fingerprint density at radius 2 is 2.21 bits per heavy atom. The molecular formula is C17H20N4O3. The van der Waals surface area contributed by atoms with E-state index in [0.29, 0.717) is 23.7 Å². The number of methoxy groups -OCH3 is 1. The van der Waals surface area contributed by atoms with Crippen LogP contribution < -0.4 is 15.0 Å². The van der Waals surface area contributed by atoms with Gasteiger partial charge in [-0.15, -0.1) is 0 Å². The summed E-state index contributed by atoms with van der Waals surface area (Å²) in [4.78, 5) is 26.4. The number of nitrogens with one attached hydrogen (secondary N) is 1. The van der Waals surface area contributed by atoms with Crippen molar-refractivity contribution in [1.82, 2.24) is 9.78 Å². The maximum Gasteiger partial charge on any atom is 0.247 e. The van der Waals surface area contributed by atoms with E-state index in [1.165, 1.54) is 4.90 Å². The fourth-order valence-electron chi connectivity index (χ4n) is 2.78. The number of fused-ring (bicyclic) bond motifs is 1. The molecule has 0 fully saturated rings. The lowest BCUT2D eigenvalue weighted by atomic mass is 10.1. The molecule has 0 spiro atoms. The number of anilines is 2. The monoisotopic (exact) mass is 328 g/mol. The van der Waals surface area contributed by atoms with Crippen LogP contribution >= 0.6 is 0 Å². The summed E-state index contributed by atoms with van der Waals surface area (Å²) in [5.41, 5.74) is 2.31. The Bertz CT molecular complexity index is 784. The van der Waals surface area contributed by atoms with Crippen LogP contribution in [0.3, 0.4) is 0 Å². The second-order valence-electron chi connectivity index (χ2n) is 5.84. The van der Waals surface area contributed by atoms with Gasteiger partial charge in [0.25, 0.3) is 0 Å². The molecule has 3 rings (SSSR count). The van der Waals surface area contributed by atoms with Crippen LogP contribution in [0.4, 0.5) is 11.4 Å². The van der Waals surface area contributed by atoms with Crippen LogP contribution in [0.15, 0.2) is 30.6 Å². The molecule has 0 saturated carbocycles. The number of amides is 2. The summed E-state index contributed by atoms with van der Waals surface area (Å²) in [6, 6.07) is 4.69. The SMILES string of the molecule is COc1ccc2c(c1)N(C(=O)CCn1cc(C)cn1)C(C)C(=O)N2. The van der Waals surface area contributed by atoms with Gasteiger partial charge in [0.2, 0.25) is 11.8 Å². The third-order valence-corrected chi connectivity index (χ3v) is 4.07. The zero-order chi connectivity index (χ0) is 17.3. The number of nitrogens with zero attached hydrogens (tertiary/aromatic N) is 3. The molecule has 0 bridgehead atoms. The highest BCUT2D eigenvalue weighted by atomic mass is 16.5. The van der Waals surface area contributed by atoms with Crippen molar-refractivity contribution in [3.63, 3.8) is 0 Å². The highest BCUT2D eigenvalue weighted by Gasteiger charge is 2.33. The van der Waals surface area contributed by atoms with Crippen molar-refractivity contribution < 1.29 is 14.3 Å². The van der Waals surface area contributed by atoms with Gasteiger partial charge in [-0.05, 0) is 31.5 Å². The van der Waals surface area contributed by atoms with Crippen LogP contribution in [0.1, 0.15) is 18.9 Å². The molecule has 7 heteroatoms. The molecule has 1 aliphatic heterocycles. The minimum Gasteiger partial charge on any atom is -0.497 e. The van der Waals surface area contributed by atoms with E-state index in [4.69, 9.17) is 4.74 Å². The van der Waals surface area contributed by atoms with Crippen molar-refractivity contribution in [1.29, 1.82) is 0 Å². The summed E-state index contributed by atoms with van der Waals surface area (Å²) < 4.78 is 6.97. The van der Waals surface area contributed by atoms with E-state index in [2.05, 4.69) is 10.4 Å². The maximum absolute atomic E-state index is 12.8. The lowest BCUT2D eigenvalue weighted by Crippen LogP contribution is -2.49. The molecule has 1 unspecified atom stereocenters. The molecule has 1 atom stereocenters. The summed E-state index contributed by atoms with van der Waals surface area (Å²) in [6.45, 7) is 4.13. The van der Waals surface area contributed by atoms with E-state index in [0.717, 1.165) is 5.56 Å². The molecular weight excluding hydrogens is 308 g/mol. The van der Waals surface area contributed by atoms with Gasteiger partial charge in [0.1, 0.15) is 11.8 Å². The molecule has 126 valence electrons. The van der Waals surface area contributed by atoms with Crippen LogP contribution in [-0.2, 0) is 16.1 Å². The Morgan fingerprint density at radius 1 is 1.42 bits per heavy atom. The molecule has 2 heterocycles.